The number of benzene rings is 1. The topological polar surface area (TPSA) is 169 Å². The lowest BCUT2D eigenvalue weighted by Gasteiger charge is -2.41. The number of azide groups is 1. The van der Waals surface area contributed by atoms with Crippen molar-refractivity contribution in [2.45, 2.75) is 116 Å². The molecule has 0 spiro atoms. The summed E-state index contributed by atoms with van der Waals surface area (Å²) in [5, 5.41) is 10.3. The Morgan fingerprint density at radius 3 is 2.21 bits per heavy atom. The van der Waals surface area contributed by atoms with Crippen molar-refractivity contribution < 1.29 is 28.7 Å². The maximum atomic E-state index is 14.3. The molecule has 53 heavy (non-hydrogen) atoms. The summed E-state index contributed by atoms with van der Waals surface area (Å²) in [5.74, 6) is -1.79. The van der Waals surface area contributed by atoms with Crippen molar-refractivity contribution >= 4 is 35.2 Å². The zero-order chi connectivity index (χ0) is 40.0. The summed E-state index contributed by atoms with van der Waals surface area (Å²) in [6.07, 6.45) is 1.53. The summed E-state index contributed by atoms with van der Waals surface area (Å²) >= 11 is 5.99. The first kappa shape index (κ1) is 45.7. The lowest BCUT2D eigenvalue weighted by atomic mass is 9.89. The zero-order valence-electron chi connectivity index (χ0n) is 33.5. The Bertz CT molecular complexity index is 1380. The van der Waals surface area contributed by atoms with Gasteiger partial charge in [0.25, 0.3) is 0 Å². The number of hydrogen-bond acceptors (Lipinski definition) is 8. The van der Waals surface area contributed by atoms with Crippen molar-refractivity contribution in [3.8, 4) is 0 Å². The highest BCUT2D eigenvalue weighted by Crippen LogP contribution is 2.29. The molecule has 1 aromatic carbocycles. The van der Waals surface area contributed by atoms with Gasteiger partial charge in [-0.15, -0.1) is 0 Å². The Hall–Kier alpha value is -3.42. The molecule has 2 rings (SSSR count). The van der Waals surface area contributed by atoms with Gasteiger partial charge in [0.15, 0.2) is 0 Å². The van der Waals surface area contributed by atoms with E-state index in [9.17, 15) is 24.7 Å². The molecule has 1 aromatic rings. The summed E-state index contributed by atoms with van der Waals surface area (Å²) in [6, 6.07) is 4.07. The summed E-state index contributed by atoms with van der Waals surface area (Å²) in [4.78, 5) is 63.1. The normalized spacial score (nSPS) is 19.0. The Labute approximate surface area is 321 Å². The highest BCUT2D eigenvalue weighted by atomic mass is 35.5. The standard InChI is InChI=1S/C38H63ClN8O6/c1-12-24(4)34(46(9)38(51)32(26(6)43-44-40)42-37(50)33(23(2)3)45(7)8)30(52-10)22-31(48)47-21-13-14-29(47)35(53-11)25(5)36(49)41-20-19-27-15-17-28(39)18-16-27/h15-18,23-26,29-30,32-35H,12-14,19-22H2,1-11H3,(H,41,49)(H,42,50)/t24?,25?,26?,29-,30?,32?,33?,34?,35?/m0/s1. The molecule has 1 aliphatic rings. The van der Waals surface area contributed by atoms with E-state index < -0.39 is 48.2 Å². The minimum Gasteiger partial charge on any atom is -0.379 e. The van der Waals surface area contributed by atoms with E-state index in [2.05, 4.69) is 20.7 Å². The predicted molar refractivity (Wildman–Crippen MR) is 207 cm³/mol. The van der Waals surface area contributed by atoms with Gasteiger partial charge in [0.2, 0.25) is 23.6 Å². The van der Waals surface area contributed by atoms with Crippen LogP contribution in [0.1, 0.15) is 72.8 Å². The van der Waals surface area contributed by atoms with Crippen LogP contribution in [0.3, 0.4) is 0 Å². The molecule has 1 aliphatic heterocycles. The largest absolute Gasteiger partial charge is 0.379 e. The molecule has 0 bridgehead atoms. The third-order valence-electron chi connectivity index (χ3n) is 10.6. The van der Waals surface area contributed by atoms with E-state index in [1.807, 2.05) is 58.9 Å². The maximum absolute atomic E-state index is 14.3. The van der Waals surface area contributed by atoms with E-state index in [-0.39, 0.29) is 42.0 Å². The molecular formula is C38H63ClN8O6. The van der Waals surface area contributed by atoms with E-state index in [0.29, 0.717) is 37.4 Å². The number of methoxy groups -OCH3 is 2. The minimum absolute atomic E-state index is 0.0172. The summed E-state index contributed by atoms with van der Waals surface area (Å²) < 4.78 is 11.9. The van der Waals surface area contributed by atoms with Gasteiger partial charge < -0.3 is 29.9 Å². The van der Waals surface area contributed by atoms with Crippen LogP contribution in [-0.4, -0.2) is 129 Å². The van der Waals surface area contributed by atoms with Gasteiger partial charge in [-0.25, -0.2) is 0 Å². The molecular weight excluding hydrogens is 700 g/mol. The number of nitrogens with one attached hydrogen (secondary N) is 2. The molecule has 0 aromatic heterocycles. The number of carbonyl (C=O) groups excluding carboxylic acids is 4. The fourth-order valence-corrected chi connectivity index (χ4v) is 7.70. The SMILES string of the molecule is CCC(C)C(C(CC(=O)N1CCC[C@H]1C(OC)C(C)C(=O)NCCc1ccc(Cl)cc1)OC)N(C)C(=O)C(NC(=O)C(C(C)C)N(C)C)C(C)N=[N+]=[N-]. The van der Waals surface area contributed by atoms with Gasteiger partial charge in [-0.3, -0.25) is 24.1 Å². The van der Waals surface area contributed by atoms with Crippen LogP contribution >= 0.6 is 11.6 Å². The van der Waals surface area contributed by atoms with Crippen molar-refractivity contribution in [1.82, 2.24) is 25.3 Å². The second-order valence-electron chi connectivity index (χ2n) is 14.8. The van der Waals surface area contributed by atoms with Gasteiger partial charge in [-0.05, 0) is 68.4 Å². The number of rotatable bonds is 21. The maximum Gasteiger partial charge on any atom is 0.245 e. The van der Waals surface area contributed by atoms with Crippen molar-refractivity contribution in [3.05, 3.63) is 45.3 Å². The number of likely N-dealkylation sites (N-methyl/N-ethyl adjacent to an activating group) is 2. The van der Waals surface area contributed by atoms with Crippen LogP contribution < -0.4 is 10.6 Å². The molecule has 8 unspecified atom stereocenters. The fourth-order valence-electron chi connectivity index (χ4n) is 7.58. The van der Waals surface area contributed by atoms with Crippen molar-refractivity contribution in [1.29, 1.82) is 0 Å². The molecule has 298 valence electrons. The predicted octanol–water partition coefficient (Wildman–Crippen LogP) is 4.69. The average molecular weight is 763 g/mol. The van der Waals surface area contributed by atoms with Crippen LogP contribution in [0.4, 0.5) is 0 Å². The van der Waals surface area contributed by atoms with E-state index in [0.717, 1.165) is 12.0 Å². The molecule has 1 heterocycles. The van der Waals surface area contributed by atoms with E-state index in [4.69, 9.17) is 21.1 Å². The molecule has 0 radical (unpaired) electrons. The summed E-state index contributed by atoms with van der Waals surface area (Å²) in [6.45, 7) is 12.2. The van der Waals surface area contributed by atoms with Gasteiger partial charge in [0, 0.05) is 44.3 Å². The molecule has 15 heteroatoms. The third kappa shape index (κ3) is 12.6. The van der Waals surface area contributed by atoms with Gasteiger partial charge in [0.1, 0.15) is 6.04 Å². The number of likely N-dealkylation sites (tertiary alicyclic amines) is 1. The van der Waals surface area contributed by atoms with Crippen LogP contribution in [0.2, 0.25) is 5.02 Å². The first-order chi connectivity index (χ1) is 25.0. The molecule has 4 amide bonds. The molecule has 14 nitrogen and oxygen atoms in total. The van der Waals surface area contributed by atoms with Crippen molar-refractivity contribution in [2.24, 2.45) is 22.9 Å². The Kier molecular flexibility index (Phi) is 19.1. The van der Waals surface area contributed by atoms with Crippen LogP contribution in [0, 0.1) is 17.8 Å². The average Bonchev–Trinajstić information content (AvgIpc) is 3.60. The second kappa shape index (κ2) is 22.1. The molecule has 2 N–H and O–H groups in total. The number of nitrogens with zero attached hydrogens (tertiary/aromatic N) is 6. The van der Waals surface area contributed by atoms with Crippen molar-refractivity contribution in [3.63, 3.8) is 0 Å². The smallest absolute Gasteiger partial charge is 0.245 e. The van der Waals surface area contributed by atoms with E-state index >= 15 is 0 Å². The first-order valence-corrected chi connectivity index (χ1v) is 19.1. The number of carbonyl (C=O) groups is 4. The van der Waals surface area contributed by atoms with Crippen LogP contribution in [-0.2, 0) is 35.1 Å². The number of halogens is 1. The first-order valence-electron chi connectivity index (χ1n) is 18.7. The van der Waals surface area contributed by atoms with Gasteiger partial charge in [-0.1, -0.05) is 76.8 Å². The zero-order valence-corrected chi connectivity index (χ0v) is 34.3. The Morgan fingerprint density at radius 1 is 1.04 bits per heavy atom. The quantitative estimate of drug-likeness (QED) is 0.104. The third-order valence-corrected chi connectivity index (χ3v) is 10.9. The van der Waals surface area contributed by atoms with Gasteiger partial charge in [-0.2, -0.15) is 0 Å². The van der Waals surface area contributed by atoms with Gasteiger partial charge >= 0.3 is 0 Å². The summed E-state index contributed by atoms with van der Waals surface area (Å²) in [5.41, 5.74) is 10.3. The lowest BCUT2D eigenvalue weighted by Crippen LogP contribution is -2.60. The van der Waals surface area contributed by atoms with E-state index in [1.165, 1.54) is 12.0 Å². The Balaban J connectivity index is 2.26. The number of hydrogen-bond donors (Lipinski definition) is 2. The van der Waals surface area contributed by atoms with Gasteiger partial charge in [0.05, 0.1) is 48.7 Å². The monoisotopic (exact) mass is 762 g/mol. The van der Waals surface area contributed by atoms with Crippen molar-refractivity contribution in [2.75, 3.05) is 48.5 Å². The molecule has 1 saturated heterocycles. The highest BCUT2D eigenvalue weighted by Gasteiger charge is 2.43. The molecule has 9 atom stereocenters. The summed E-state index contributed by atoms with van der Waals surface area (Å²) in [7, 11) is 8.31. The molecule has 0 saturated carbocycles. The lowest BCUT2D eigenvalue weighted by molar-refractivity contribution is -0.147. The van der Waals surface area contributed by atoms with Crippen LogP contribution in [0.25, 0.3) is 10.4 Å². The molecule has 0 aliphatic carbocycles. The highest BCUT2D eigenvalue weighted by molar-refractivity contribution is 6.30. The van der Waals surface area contributed by atoms with E-state index in [1.54, 1.807) is 45.0 Å². The van der Waals surface area contributed by atoms with Crippen LogP contribution in [0.5, 0.6) is 0 Å². The minimum atomic E-state index is -1.14. The fraction of sp³-hybridized carbons (Fsp3) is 0.737. The number of ether oxygens (including phenoxy) is 2. The molecule has 1 fully saturated rings. The van der Waals surface area contributed by atoms with Crippen LogP contribution in [0.15, 0.2) is 29.4 Å². The Morgan fingerprint density at radius 2 is 1.68 bits per heavy atom. The second-order valence-corrected chi connectivity index (χ2v) is 15.3. The number of amides is 4.